The molecule has 0 aliphatic carbocycles. The molecule has 1 aromatic heterocycles. The Bertz CT molecular complexity index is 669. The van der Waals surface area contributed by atoms with Crippen LogP contribution in [0.3, 0.4) is 0 Å². The zero-order chi connectivity index (χ0) is 16.1. The molecule has 0 saturated heterocycles. The average molecular weight is 306 g/mol. The molecule has 116 valence electrons. The molecule has 1 aromatic carbocycles. The zero-order valence-corrected chi connectivity index (χ0v) is 12.5. The molecule has 0 unspecified atom stereocenters. The minimum absolute atomic E-state index is 0.0877. The van der Waals surface area contributed by atoms with Crippen LogP contribution in [-0.4, -0.2) is 22.3 Å². The minimum Gasteiger partial charge on any atom is -0.435 e. The number of alkyl halides is 2. The standard InChI is InChI=1S/C15H16F2N4O/c1-9-7-10(2)19-15(18-9)21-20-11(3)12-5-4-6-13(8-12)22-14(16)17/h4-8,14H,1-3H3,(H,18,19,21)/b20-11+. The highest BCUT2D eigenvalue weighted by atomic mass is 19.3. The summed E-state index contributed by atoms with van der Waals surface area (Å²) in [5.74, 6) is 0.474. The van der Waals surface area contributed by atoms with Gasteiger partial charge in [0.05, 0.1) is 5.71 Å². The van der Waals surface area contributed by atoms with E-state index in [1.165, 1.54) is 12.1 Å². The summed E-state index contributed by atoms with van der Waals surface area (Å²) in [4.78, 5) is 8.41. The SMILES string of the molecule is C/C(=N\Nc1nc(C)cc(C)n1)c1cccc(OC(F)F)c1. The Morgan fingerprint density at radius 3 is 2.50 bits per heavy atom. The van der Waals surface area contributed by atoms with Gasteiger partial charge in [0.2, 0.25) is 5.95 Å². The van der Waals surface area contributed by atoms with Crippen LogP contribution >= 0.6 is 0 Å². The highest BCUT2D eigenvalue weighted by molar-refractivity contribution is 5.99. The van der Waals surface area contributed by atoms with Crippen LogP contribution in [0.2, 0.25) is 0 Å². The van der Waals surface area contributed by atoms with E-state index in [-0.39, 0.29) is 5.75 Å². The van der Waals surface area contributed by atoms with E-state index >= 15 is 0 Å². The summed E-state index contributed by atoms with van der Waals surface area (Å²) >= 11 is 0. The number of ether oxygens (including phenoxy) is 1. The van der Waals surface area contributed by atoms with Crippen molar-refractivity contribution in [3.05, 3.63) is 47.3 Å². The summed E-state index contributed by atoms with van der Waals surface area (Å²) < 4.78 is 28.8. The molecule has 0 radical (unpaired) electrons. The van der Waals surface area contributed by atoms with Crippen molar-refractivity contribution in [2.45, 2.75) is 27.4 Å². The van der Waals surface area contributed by atoms with Crippen LogP contribution in [-0.2, 0) is 0 Å². The monoisotopic (exact) mass is 306 g/mol. The van der Waals surface area contributed by atoms with Gasteiger partial charge < -0.3 is 4.74 Å². The van der Waals surface area contributed by atoms with E-state index in [0.29, 0.717) is 17.2 Å². The van der Waals surface area contributed by atoms with E-state index in [0.717, 1.165) is 11.4 Å². The molecule has 0 saturated carbocycles. The molecule has 0 aliphatic rings. The van der Waals surface area contributed by atoms with Crippen LogP contribution in [0, 0.1) is 13.8 Å². The molecule has 5 nitrogen and oxygen atoms in total. The lowest BCUT2D eigenvalue weighted by Crippen LogP contribution is -2.05. The molecule has 2 rings (SSSR count). The van der Waals surface area contributed by atoms with Gasteiger partial charge in [-0.2, -0.15) is 13.9 Å². The summed E-state index contributed by atoms with van der Waals surface area (Å²) in [6, 6.07) is 8.19. The van der Waals surface area contributed by atoms with Gasteiger partial charge in [0, 0.05) is 17.0 Å². The third kappa shape index (κ3) is 4.47. The normalized spacial score (nSPS) is 11.6. The first kappa shape index (κ1) is 15.8. The predicted octanol–water partition coefficient (Wildman–Crippen LogP) is 3.53. The van der Waals surface area contributed by atoms with E-state index < -0.39 is 6.61 Å². The van der Waals surface area contributed by atoms with Crippen molar-refractivity contribution < 1.29 is 13.5 Å². The largest absolute Gasteiger partial charge is 0.435 e. The van der Waals surface area contributed by atoms with E-state index in [4.69, 9.17) is 0 Å². The highest BCUT2D eigenvalue weighted by Gasteiger charge is 2.06. The van der Waals surface area contributed by atoms with Crippen LogP contribution < -0.4 is 10.2 Å². The summed E-state index contributed by atoms with van der Waals surface area (Å²) in [6.45, 7) is 2.62. The third-order valence-corrected chi connectivity index (χ3v) is 2.78. The predicted molar refractivity (Wildman–Crippen MR) is 80.4 cm³/mol. The fraction of sp³-hybridized carbons (Fsp3) is 0.267. The lowest BCUT2D eigenvalue weighted by Gasteiger charge is -2.07. The second kappa shape index (κ2) is 6.93. The minimum atomic E-state index is -2.85. The molecule has 0 atom stereocenters. The van der Waals surface area contributed by atoms with Gasteiger partial charge in [-0.15, -0.1) is 0 Å². The number of halogens is 2. The molecule has 0 spiro atoms. The molecule has 2 aromatic rings. The lowest BCUT2D eigenvalue weighted by molar-refractivity contribution is -0.0498. The maximum absolute atomic E-state index is 12.2. The van der Waals surface area contributed by atoms with Gasteiger partial charge in [-0.25, -0.2) is 15.4 Å². The van der Waals surface area contributed by atoms with Crippen molar-refractivity contribution in [3.63, 3.8) is 0 Å². The summed E-state index contributed by atoms with van der Waals surface area (Å²) in [7, 11) is 0. The average Bonchev–Trinajstić information content (AvgIpc) is 2.43. The van der Waals surface area contributed by atoms with E-state index in [1.54, 1.807) is 19.1 Å². The van der Waals surface area contributed by atoms with E-state index in [1.807, 2.05) is 19.9 Å². The fourth-order valence-electron chi connectivity index (χ4n) is 1.87. The Balaban J connectivity index is 2.14. The van der Waals surface area contributed by atoms with Gasteiger partial charge in [-0.05, 0) is 39.0 Å². The zero-order valence-electron chi connectivity index (χ0n) is 12.5. The van der Waals surface area contributed by atoms with Crippen LogP contribution in [0.5, 0.6) is 5.75 Å². The molecule has 22 heavy (non-hydrogen) atoms. The number of hydrazone groups is 1. The van der Waals surface area contributed by atoms with Crippen LogP contribution in [0.4, 0.5) is 14.7 Å². The topological polar surface area (TPSA) is 59.4 Å². The van der Waals surface area contributed by atoms with Gasteiger partial charge in [0.1, 0.15) is 5.75 Å². The first-order chi connectivity index (χ1) is 10.4. The molecule has 0 amide bonds. The third-order valence-electron chi connectivity index (χ3n) is 2.78. The summed E-state index contributed by atoms with van der Waals surface area (Å²) in [6.07, 6.45) is 0. The summed E-state index contributed by atoms with van der Waals surface area (Å²) in [5, 5.41) is 4.17. The number of aryl methyl sites for hydroxylation is 2. The van der Waals surface area contributed by atoms with Crippen LogP contribution in [0.1, 0.15) is 23.9 Å². The second-order valence-corrected chi connectivity index (χ2v) is 4.69. The van der Waals surface area contributed by atoms with Gasteiger partial charge in [0.25, 0.3) is 0 Å². The van der Waals surface area contributed by atoms with Crippen molar-refractivity contribution in [1.82, 2.24) is 9.97 Å². The number of rotatable bonds is 5. The van der Waals surface area contributed by atoms with Crippen molar-refractivity contribution in [1.29, 1.82) is 0 Å². The Hall–Kier alpha value is -2.57. The van der Waals surface area contributed by atoms with Crippen molar-refractivity contribution >= 4 is 11.7 Å². The first-order valence-corrected chi connectivity index (χ1v) is 6.62. The Morgan fingerprint density at radius 1 is 1.18 bits per heavy atom. The Morgan fingerprint density at radius 2 is 1.86 bits per heavy atom. The molecule has 1 heterocycles. The van der Waals surface area contributed by atoms with E-state index in [9.17, 15) is 8.78 Å². The molecular formula is C15H16F2N4O. The van der Waals surface area contributed by atoms with Crippen LogP contribution in [0.25, 0.3) is 0 Å². The van der Waals surface area contributed by atoms with Gasteiger partial charge in [-0.1, -0.05) is 12.1 Å². The lowest BCUT2D eigenvalue weighted by atomic mass is 10.1. The fourth-order valence-corrected chi connectivity index (χ4v) is 1.87. The number of nitrogens with one attached hydrogen (secondary N) is 1. The number of anilines is 1. The van der Waals surface area contributed by atoms with Gasteiger partial charge in [0.15, 0.2) is 0 Å². The Labute approximate surface area is 127 Å². The first-order valence-electron chi connectivity index (χ1n) is 6.62. The smallest absolute Gasteiger partial charge is 0.387 e. The number of aromatic nitrogens is 2. The summed E-state index contributed by atoms with van der Waals surface area (Å²) in [5.41, 5.74) is 5.68. The second-order valence-electron chi connectivity index (χ2n) is 4.69. The molecular weight excluding hydrogens is 290 g/mol. The Kier molecular flexibility index (Phi) is 4.98. The maximum Gasteiger partial charge on any atom is 0.387 e. The molecule has 0 bridgehead atoms. The number of nitrogens with zero attached hydrogens (tertiary/aromatic N) is 3. The van der Waals surface area contributed by atoms with Crippen molar-refractivity contribution in [2.24, 2.45) is 5.10 Å². The van der Waals surface area contributed by atoms with Crippen molar-refractivity contribution in [3.8, 4) is 5.75 Å². The quantitative estimate of drug-likeness (QED) is 0.678. The van der Waals surface area contributed by atoms with Crippen LogP contribution in [0.15, 0.2) is 35.4 Å². The maximum atomic E-state index is 12.2. The van der Waals surface area contributed by atoms with Gasteiger partial charge >= 0.3 is 6.61 Å². The van der Waals surface area contributed by atoms with Gasteiger partial charge in [-0.3, -0.25) is 0 Å². The molecule has 7 heteroatoms. The van der Waals surface area contributed by atoms with E-state index in [2.05, 4.69) is 25.2 Å². The highest BCUT2D eigenvalue weighted by Crippen LogP contribution is 2.16. The number of hydrogen-bond acceptors (Lipinski definition) is 5. The molecule has 1 N–H and O–H groups in total. The number of benzene rings is 1. The molecule has 0 aliphatic heterocycles. The number of hydrogen-bond donors (Lipinski definition) is 1. The van der Waals surface area contributed by atoms with Crippen molar-refractivity contribution in [2.75, 3.05) is 5.43 Å². The molecule has 0 fully saturated rings.